The van der Waals surface area contributed by atoms with Crippen LogP contribution in [0.3, 0.4) is 0 Å². The maximum absolute atomic E-state index is 12.3. The number of imide groups is 1. The first-order chi connectivity index (χ1) is 13.9. The predicted molar refractivity (Wildman–Crippen MR) is 104 cm³/mol. The van der Waals surface area contributed by atoms with Gasteiger partial charge in [0, 0.05) is 13.6 Å². The zero-order chi connectivity index (χ0) is 20.8. The molecular weight excluding hydrogens is 374 g/mol. The van der Waals surface area contributed by atoms with Gasteiger partial charge in [0.05, 0.1) is 18.7 Å². The number of nitrogens with zero attached hydrogens (tertiary/aromatic N) is 2. The fourth-order valence-electron chi connectivity index (χ4n) is 2.86. The molecule has 0 spiro atoms. The van der Waals surface area contributed by atoms with Crippen LogP contribution >= 0.6 is 0 Å². The van der Waals surface area contributed by atoms with Crippen LogP contribution in [0.1, 0.15) is 21.5 Å². The standard InChI is InChI=1S/C21H21N3O5/c1-23(12-15-6-3-2-4-7-15)19(26)14-29-20(27)17-9-5-8-16(10-17)13-24-18(25)11-22-21(24)28/h2-10H,11-14H2,1H3,(H,22,28). The highest BCUT2D eigenvalue weighted by atomic mass is 16.5. The van der Waals surface area contributed by atoms with E-state index in [1.54, 1.807) is 31.3 Å². The summed E-state index contributed by atoms with van der Waals surface area (Å²) in [7, 11) is 1.64. The molecule has 1 heterocycles. The van der Waals surface area contributed by atoms with Crippen molar-refractivity contribution in [2.24, 2.45) is 0 Å². The summed E-state index contributed by atoms with van der Waals surface area (Å²) in [5, 5.41) is 2.44. The Morgan fingerprint density at radius 2 is 1.79 bits per heavy atom. The minimum atomic E-state index is -0.648. The van der Waals surface area contributed by atoms with E-state index in [9.17, 15) is 19.2 Å². The number of nitrogens with one attached hydrogen (secondary N) is 1. The SMILES string of the molecule is CN(Cc1ccccc1)C(=O)COC(=O)c1cccc(CN2C(=O)CNC2=O)c1. The second-order valence-corrected chi connectivity index (χ2v) is 6.65. The van der Waals surface area contributed by atoms with Gasteiger partial charge in [-0.3, -0.25) is 14.5 Å². The molecule has 0 radical (unpaired) electrons. The van der Waals surface area contributed by atoms with Crippen molar-refractivity contribution in [3.8, 4) is 0 Å². The van der Waals surface area contributed by atoms with Crippen molar-refractivity contribution in [1.29, 1.82) is 0 Å². The minimum Gasteiger partial charge on any atom is -0.452 e. The molecule has 8 nitrogen and oxygen atoms in total. The molecule has 4 amide bonds. The smallest absolute Gasteiger partial charge is 0.338 e. The molecule has 1 aliphatic heterocycles. The van der Waals surface area contributed by atoms with Crippen molar-refractivity contribution in [3.05, 3.63) is 71.3 Å². The number of carbonyl (C=O) groups excluding carboxylic acids is 4. The molecule has 1 fully saturated rings. The summed E-state index contributed by atoms with van der Waals surface area (Å²) in [6, 6.07) is 15.5. The van der Waals surface area contributed by atoms with E-state index in [-0.39, 0.29) is 37.1 Å². The summed E-state index contributed by atoms with van der Waals surface area (Å²) >= 11 is 0. The largest absolute Gasteiger partial charge is 0.452 e. The zero-order valence-electron chi connectivity index (χ0n) is 16.0. The van der Waals surface area contributed by atoms with Crippen LogP contribution in [-0.2, 0) is 27.4 Å². The summed E-state index contributed by atoms with van der Waals surface area (Å²) < 4.78 is 5.13. The lowest BCUT2D eigenvalue weighted by atomic mass is 10.1. The molecule has 0 aliphatic carbocycles. The van der Waals surface area contributed by atoms with E-state index in [4.69, 9.17) is 4.74 Å². The first kappa shape index (κ1) is 20.1. The van der Waals surface area contributed by atoms with Crippen LogP contribution < -0.4 is 5.32 Å². The first-order valence-corrected chi connectivity index (χ1v) is 9.06. The number of likely N-dealkylation sites (N-methyl/N-ethyl adjacent to an activating group) is 1. The van der Waals surface area contributed by atoms with Gasteiger partial charge in [-0.25, -0.2) is 9.59 Å². The summed E-state index contributed by atoms with van der Waals surface area (Å²) in [4.78, 5) is 50.4. The van der Waals surface area contributed by atoms with Crippen molar-refractivity contribution in [1.82, 2.24) is 15.1 Å². The molecule has 2 aromatic carbocycles. The Balaban J connectivity index is 1.54. The lowest BCUT2D eigenvalue weighted by molar-refractivity contribution is -0.133. The van der Waals surface area contributed by atoms with Crippen molar-refractivity contribution in [2.75, 3.05) is 20.2 Å². The highest BCUT2D eigenvalue weighted by molar-refractivity contribution is 6.01. The number of ether oxygens (including phenoxy) is 1. The van der Waals surface area contributed by atoms with Gasteiger partial charge in [0.25, 0.3) is 5.91 Å². The van der Waals surface area contributed by atoms with E-state index in [0.717, 1.165) is 10.5 Å². The van der Waals surface area contributed by atoms with Gasteiger partial charge in [-0.1, -0.05) is 42.5 Å². The number of hydrogen-bond donors (Lipinski definition) is 1. The van der Waals surface area contributed by atoms with Crippen molar-refractivity contribution < 1.29 is 23.9 Å². The van der Waals surface area contributed by atoms with Gasteiger partial charge in [-0.15, -0.1) is 0 Å². The number of carbonyl (C=O) groups is 4. The van der Waals surface area contributed by atoms with Crippen LogP contribution in [-0.4, -0.2) is 53.8 Å². The van der Waals surface area contributed by atoms with Gasteiger partial charge >= 0.3 is 12.0 Å². The van der Waals surface area contributed by atoms with Gasteiger partial charge in [-0.2, -0.15) is 0 Å². The molecular formula is C21H21N3O5. The van der Waals surface area contributed by atoms with Crippen molar-refractivity contribution >= 4 is 23.8 Å². The molecule has 0 unspecified atom stereocenters. The Kier molecular flexibility index (Phi) is 6.23. The van der Waals surface area contributed by atoms with E-state index >= 15 is 0 Å². The number of hydrogen-bond acceptors (Lipinski definition) is 5. The lowest BCUT2D eigenvalue weighted by Crippen LogP contribution is -2.31. The third-order valence-electron chi connectivity index (χ3n) is 4.46. The van der Waals surface area contributed by atoms with E-state index < -0.39 is 12.0 Å². The quantitative estimate of drug-likeness (QED) is 0.567. The highest BCUT2D eigenvalue weighted by Crippen LogP contribution is 2.12. The first-order valence-electron chi connectivity index (χ1n) is 9.06. The Labute approximate surface area is 168 Å². The Morgan fingerprint density at radius 1 is 1.07 bits per heavy atom. The molecule has 0 atom stereocenters. The van der Waals surface area contributed by atoms with E-state index in [1.165, 1.54) is 4.90 Å². The third kappa shape index (κ3) is 5.19. The molecule has 0 aromatic heterocycles. The Hall–Kier alpha value is -3.68. The van der Waals surface area contributed by atoms with E-state index in [1.807, 2.05) is 30.3 Å². The van der Waals surface area contributed by atoms with Crippen LogP contribution in [0.5, 0.6) is 0 Å². The van der Waals surface area contributed by atoms with Crippen molar-refractivity contribution in [2.45, 2.75) is 13.1 Å². The number of amides is 4. The molecule has 1 N–H and O–H groups in total. The number of rotatable bonds is 7. The topological polar surface area (TPSA) is 96.0 Å². The maximum atomic E-state index is 12.3. The van der Waals surface area contributed by atoms with Crippen LogP contribution in [0.4, 0.5) is 4.79 Å². The zero-order valence-corrected chi connectivity index (χ0v) is 16.0. The summed E-state index contributed by atoms with van der Waals surface area (Å²) in [6.45, 7) is 0.0712. The molecule has 8 heteroatoms. The fourth-order valence-corrected chi connectivity index (χ4v) is 2.86. The maximum Gasteiger partial charge on any atom is 0.338 e. The Bertz CT molecular complexity index is 913. The van der Waals surface area contributed by atoms with E-state index in [0.29, 0.717) is 12.1 Å². The Morgan fingerprint density at radius 3 is 2.48 bits per heavy atom. The van der Waals surface area contributed by atoms with Crippen LogP contribution in [0.15, 0.2) is 54.6 Å². The predicted octanol–water partition coefficient (Wildman–Crippen LogP) is 1.55. The van der Waals surface area contributed by atoms with Crippen molar-refractivity contribution in [3.63, 3.8) is 0 Å². The monoisotopic (exact) mass is 395 g/mol. The van der Waals surface area contributed by atoms with Gasteiger partial charge < -0.3 is 15.0 Å². The van der Waals surface area contributed by atoms with Gasteiger partial charge in [0.1, 0.15) is 0 Å². The average Bonchev–Trinajstić information content (AvgIpc) is 3.04. The molecule has 0 saturated carbocycles. The second-order valence-electron chi connectivity index (χ2n) is 6.65. The highest BCUT2D eigenvalue weighted by Gasteiger charge is 2.28. The molecule has 1 aliphatic rings. The van der Waals surface area contributed by atoms with Crippen LogP contribution in [0, 0.1) is 0 Å². The van der Waals surface area contributed by atoms with E-state index in [2.05, 4.69) is 5.32 Å². The van der Waals surface area contributed by atoms with Gasteiger partial charge in [-0.05, 0) is 23.3 Å². The molecule has 29 heavy (non-hydrogen) atoms. The summed E-state index contributed by atoms with van der Waals surface area (Å²) in [6.07, 6.45) is 0. The number of urea groups is 1. The molecule has 2 aromatic rings. The summed E-state index contributed by atoms with van der Waals surface area (Å²) in [5.41, 5.74) is 1.83. The van der Waals surface area contributed by atoms with Crippen LogP contribution in [0.25, 0.3) is 0 Å². The van der Waals surface area contributed by atoms with Gasteiger partial charge in [0.15, 0.2) is 6.61 Å². The molecule has 150 valence electrons. The van der Waals surface area contributed by atoms with Gasteiger partial charge in [0.2, 0.25) is 5.91 Å². The lowest BCUT2D eigenvalue weighted by Gasteiger charge is -2.17. The number of benzene rings is 2. The normalized spacial score (nSPS) is 13.2. The molecule has 3 rings (SSSR count). The summed E-state index contributed by atoms with van der Waals surface area (Å²) in [5.74, 6) is -1.29. The van der Waals surface area contributed by atoms with Crippen LogP contribution in [0.2, 0.25) is 0 Å². The second kappa shape index (κ2) is 9.01. The molecule has 0 bridgehead atoms. The third-order valence-corrected chi connectivity index (χ3v) is 4.46. The number of esters is 1. The minimum absolute atomic E-state index is 0.0286. The fraction of sp³-hybridized carbons (Fsp3) is 0.238. The average molecular weight is 395 g/mol. The molecule has 1 saturated heterocycles.